The molecule has 1 N–H and O–H groups in total. The molecular formula is C16H14Br2FN. The van der Waals surface area contributed by atoms with Crippen LogP contribution in [0.3, 0.4) is 0 Å². The number of halogens is 3. The van der Waals surface area contributed by atoms with Gasteiger partial charge in [-0.15, -0.1) is 0 Å². The molecule has 0 saturated heterocycles. The molecule has 2 aromatic rings. The van der Waals surface area contributed by atoms with Crippen LogP contribution < -0.4 is 5.32 Å². The molecule has 0 aromatic heterocycles. The number of hydrogen-bond acceptors (Lipinski definition) is 1. The summed E-state index contributed by atoms with van der Waals surface area (Å²) in [5.41, 5.74) is 2.34. The van der Waals surface area contributed by atoms with Gasteiger partial charge in [0.05, 0.1) is 0 Å². The molecule has 4 heteroatoms. The highest BCUT2D eigenvalue weighted by Crippen LogP contribution is 2.41. The fourth-order valence-electron chi connectivity index (χ4n) is 2.62. The number of rotatable bonds is 3. The molecule has 2 aromatic carbocycles. The molecule has 0 spiro atoms. The molecule has 0 aliphatic heterocycles. The highest BCUT2D eigenvalue weighted by molar-refractivity contribution is 9.10. The van der Waals surface area contributed by atoms with Gasteiger partial charge in [-0.05, 0) is 64.5 Å². The van der Waals surface area contributed by atoms with Gasteiger partial charge >= 0.3 is 0 Å². The Hall–Kier alpha value is -0.870. The van der Waals surface area contributed by atoms with Gasteiger partial charge in [-0.1, -0.05) is 34.1 Å². The van der Waals surface area contributed by atoms with Gasteiger partial charge in [0.15, 0.2) is 0 Å². The number of nitrogens with one attached hydrogen (secondary N) is 1. The molecule has 0 radical (unpaired) electrons. The van der Waals surface area contributed by atoms with Gasteiger partial charge in [0.2, 0.25) is 0 Å². The molecule has 1 fully saturated rings. The number of hydrogen-bond donors (Lipinski definition) is 1. The SMILES string of the molecule is Fc1ccc(NC2CC(c3ccccc3Br)C2)c(Br)c1. The quantitative estimate of drug-likeness (QED) is 0.698. The van der Waals surface area contributed by atoms with Crippen molar-refractivity contribution < 1.29 is 4.39 Å². The van der Waals surface area contributed by atoms with E-state index >= 15 is 0 Å². The maximum atomic E-state index is 13.0. The van der Waals surface area contributed by atoms with E-state index in [4.69, 9.17) is 0 Å². The monoisotopic (exact) mass is 397 g/mol. The zero-order chi connectivity index (χ0) is 14.1. The first-order chi connectivity index (χ1) is 9.63. The lowest BCUT2D eigenvalue weighted by atomic mass is 9.76. The maximum absolute atomic E-state index is 13.0. The lowest BCUT2D eigenvalue weighted by molar-refractivity contribution is 0.373. The highest BCUT2D eigenvalue weighted by atomic mass is 79.9. The smallest absolute Gasteiger partial charge is 0.124 e. The largest absolute Gasteiger partial charge is 0.381 e. The van der Waals surface area contributed by atoms with Crippen molar-refractivity contribution >= 4 is 37.5 Å². The molecule has 104 valence electrons. The first-order valence-electron chi connectivity index (χ1n) is 6.59. The molecule has 3 rings (SSSR count). The summed E-state index contributed by atoms with van der Waals surface area (Å²) in [6, 6.07) is 13.6. The van der Waals surface area contributed by atoms with Crippen LogP contribution in [0.15, 0.2) is 51.4 Å². The molecule has 1 aliphatic carbocycles. The zero-order valence-corrected chi connectivity index (χ0v) is 13.9. The Bertz CT molecular complexity index is 624. The third-order valence-electron chi connectivity index (χ3n) is 3.77. The second-order valence-corrected chi connectivity index (χ2v) is 6.86. The van der Waals surface area contributed by atoms with E-state index in [2.05, 4.69) is 55.4 Å². The Labute approximate surface area is 134 Å². The minimum absolute atomic E-state index is 0.220. The van der Waals surface area contributed by atoms with E-state index in [1.807, 2.05) is 6.07 Å². The van der Waals surface area contributed by atoms with Crippen LogP contribution in [-0.2, 0) is 0 Å². The van der Waals surface area contributed by atoms with Crippen LogP contribution in [0.4, 0.5) is 10.1 Å². The predicted octanol–water partition coefficient (Wildman–Crippen LogP) is 5.71. The van der Waals surface area contributed by atoms with Crippen LogP contribution in [-0.4, -0.2) is 6.04 Å². The molecule has 1 aliphatic rings. The van der Waals surface area contributed by atoms with E-state index in [1.54, 1.807) is 6.07 Å². The van der Waals surface area contributed by atoms with Crippen molar-refractivity contribution in [2.75, 3.05) is 5.32 Å². The van der Waals surface area contributed by atoms with Crippen LogP contribution in [0.1, 0.15) is 24.3 Å². The molecule has 0 unspecified atom stereocenters. The fraction of sp³-hybridized carbons (Fsp3) is 0.250. The Kier molecular flexibility index (Phi) is 4.13. The summed E-state index contributed by atoms with van der Waals surface area (Å²) in [7, 11) is 0. The van der Waals surface area contributed by atoms with Crippen LogP contribution in [0, 0.1) is 5.82 Å². The fourth-order valence-corrected chi connectivity index (χ4v) is 3.70. The molecule has 0 amide bonds. The Morgan fingerprint density at radius 2 is 1.75 bits per heavy atom. The molecule has 0 heterocycles. The van der Waals surface area contributed by atoms with Crippen LogP contribution in [0.25, 0.3) is 0 Å². The van der Waals surface area contributed by atoms with Gasteiger partial charge in [-0.25, -0.2) is 4.39 Å². The molecule has 1 saturated carbocycles. The summed E-state index contributed by atoms with van der Waals surface area (Å²) < 4.78 is 15.0. The first kappa shape index (κ1) is 14.1. The van der Waals surface area contributed by atoms with Crippen molar-refractivity contribution in [2.24, 2.45) is 0 Å². The van der Waals surface area contributed by atoms with E-state index in [-0.39, 0.29) is 5.82 Å². The third kappa shape index (κ3) is 2.91. The van der Waals surface area contributed by atoms with E-state index in [9.17, 15) is 4.39 Å². The molecule has 0 bridgehead atoms. The lowest BCUT2D eigenvalue weighted by Crippen LogP contribution is -2.34. The molecule has 20 heavy (non-hydrogen) atoms. The van der Waals surface area contributed by atoms with Crippen molar-refractivity contribution in [1.29, 1.82) is 0 Å². The Balaban J connectivity index is 1.62. The van der Waals surface area contributed by atoms with Gasteiger partial charge < -0.3 is 5.32 Å². The summed E-state index contributed by atoms with van der Waals surface area (Å²) in [4.78, 5) is 0. The maximum Gasteiger partial charge on any atom is 0.124 e. The highest BCUT2D eigenvalue weighted by Gasteiger charge is 2.31. The third-order valence-corrected chi connectivity index (χ3v) is 5.15. The second kappa shape index (κ2) is 5.86. The van der Waals surface area contributed by atoms with Crippen LogP contribution in [0.2, 0.25) is 0 Å². The van der Waals surface area contributed by atoms with Gasteiger partial charge in [0, 0.05) is 20.7 Å². The van der Waals surface area contributed by atoms with Crippen LogP contribution in [0.5, 0.6) is 0 Å². The second-order valence-electron chi connectivity index (χ2n) is 5.16. The van der Waals surface area contributed by atoms with Gasteiger partial charge in [-0.2, -0.15) is 0 Å². The average molecular weight is 399 g/mol. The van der Waals surface area contributed by atoms with Crippen molar-refractivity contribution in [1.82, 2.24) is 0 Å². The number of anilines is 1. The minimum Gasteiger partial charge on any atom is -0.381 e. The zero-order valence-electron chi connectivity index (χ0n) is 10.7. The van der Waals surface area contributed by atoms with E-state index < -0.39 is 0 Å². The molecular weight excluding hydrogens is 385 g/mol. The van der Waals surface area contributed by atoms with Crippen molar-refractivity contribution in [3.8, 4) is 0 Å². The Morgan fingerprint density at radius 1 is 1.00 bits per heavy atom. The normalized spacial score (nSPS) is 21.4. The van der Waals surface area contributed by atoms with Crippen LogP contribution >= 0.6 is 31.9 Å². The summed E-state index contributed by atoms with van der Waals surface area (Å²) >= 11 is 7.00. The summed E-state index contributed by atoms with van der Waals surface area (Å²) in [6.07, 6.45) is 2.21. The standard InChI is InChI=1S/C16H14Br2FN/c17-14-4-2-1-3-13(14)10-7-12(8-10)20-16-6-5-11(19)9-15(16)18/h1-6,9-10,12,20H,7-8H2. The van der Waals surface area contributed by atoms with Gasteiger partial charge in [0.1, 0.15) is 5.82 Å². The Morgan fingerprint density at radius 3 is 2.45 bits per heavy atom. The van der Waals surface area contributed by atoms with E-state index in [1.165, 1.54) is 22.2 Å². The average Bonchev–Trinajstić information content (AvgIpc) is 2.37. The first-order valence-corrected chi connectivity index (χ1v) is 8.18. The summed E-state index contributed by atoms with van der Waals surface area (Å²) in [6.45, 7) is 0. The van der Waals surface area contributed by atoms with E-state index in [0.29, 0.717) is 12.0 Å². The van der Waals surface area contributed by atoms with Crippen molar-refractivity contribution in [3.05, 3.63) is 62.8 Å². The lowest BCUT2D eigenvalue weighted by Gasteiger charge is -2.37. The number of benzene rings is 2. The van der Waals surface area contributed by atoms with E-state index in [0.717, 1.165) is 23.0 Å². The molecule has 1 nitrogen and oxygen atoms in total. The van der Waals surface area contributed by atoms with Gasteiger partial charge in [-0.3, -0.25) is 0 Å². The molecule has 0 atom stereocenters. The summed E-state index contributed by atoms with van der Waals surface area (Å²) in [5.74, 6) is 0.379. The predicted molar refractivity (Wildman–Crippen MR) is 87.6 cm³/mol. The van der Waals surface area contributed by atoms with Gasteiger partial charge in [0.25, 0.3) is 0 Å². The summed E-state index contributed by atoms with van der Waals surface area (Å²) in [5, 5.41) is 3.46. The van der Waals surface area contributed by atoms with Crippen molar-refractivity contribution in [3.63, 3.8) is 0 Å². The minimum atomic E-state index is -0.220. The topological polar surface area (TPSA) is 12.0 Å². The van der Waals surface area contributed by atoms with Crippen molar-refractivity contribution in [2.45, 2.75) is 24.8 Å².